The molecule has 0 saturated carbocycles. The van der Waals surface area contributed by atoms with Gasteiger partial charge in [0.05, 0.1) is 6.04 Å². The molecular formula is C7H12BNO2. The van der Waals surface area contributed by atoms with Crippen molar-refractivity contribution in [3.8, 4) is 0 Å². The number of hydrogen-bond donors (Lipinski definition) is 1. The predicted molar refractivity (Wildman–Crippen MR) is 43.7 cm³/mol. The molecule has 11 heavy (non-hydrogen) atoms. The minimum absolute atomic E-state index is 0.0197. The fraction of sp³-hybridized carbons (Fsp3) is 0.714. The first-order valence-electron chi connectivity index (χ1n) is 3.70. The fourth-order valence-electron chi connectivity index (χ4n) is 0.828. The Hall–Kier alpha value is -0.795. The SMILES string of the molecule is [B]C(=O)NC(CC)C(=O)CC. The second-order valence-corrected chi connectivity index (χ2v) is 2.29. The van der Waals surface area contributed by atoms with E-state index in [2.05, 4.69) is 5.32 Å². The van der Waals surface area contributed by atoms with E-state index in [0.29, 0.717) is 12.8 Å². The summed E-state index contributed by atoms with van der Waals surface area (Å²) in [5.41, 5.74) is 0. The highest BCUT2D eigenvalue weighted by atomic mass is 16.2. The van der Waals surface area contributed by atoms with E-state index in [1.165, 1.54) is 0 Å². The average Bonchev–Trinajstić information content (AvgIpc) is 1.98. The molecule has 1 N–H and O–H groups in total. The fourth-order valence-corrected chi connectivity index (χ4v) is 0.828. The molecule has 0 bridgehead atoms. The van der Waals surface area contributed by atoms with Crippen LogP contribution in [0.1, 0.15) is 26.7 Å². The molecule has 0 aromatic carbocycles. The minimum Gasteiger partial charge on any atom is -0.356 e. The maximum Gasteiger partial charge on any atom is 0.200 e. The van der Waals surface area contributed by atoms with Crippen molar-refractivity contribution in [3.05, 3.63) is 0 Å². The Morgan fingerprint density at radius 2 is 2.00 bits per heavy atom. The number of ketones is 1. The molecule has 0 aliphatic heterocycles. The molecule has 0 saturated heterocycles. The summed E-state index contributed by atoms with van der Waals surface area (Å²) in [6, 6.07) is -0.405. The summed E-state index contributed by atoms with van der Waals surface area (Å²) < 4.78 is 0. The highest BCUT2D eigenvalue weighted by molar-refractivity contribution is 6.57. The van der Waals surface area contributed by atoms with Crippen molar-refractivity contribution in [1.29, 1.82) is 0 Å². The molecule has 0 aliphatic carbocycles. The Morgan fingerprint density at radius 1 is 1.45 bits per heavy atom. The lowest BCUT2D eigenvalue weighted by atomic mass is 10.0. The van der Waals surface area contributed by atoms with Crippen LogP contribution in [0.25, 0.3) is 0 Å². The van der Waals surface area contributed by atoms with Gasteiger partial charge in [0, 0.05) is 6.42 Å². The van der Waals surface area contributed by atoms with E-state index in [0.717, 1.165) is 0 Å². The number of nitrogens with one attached hydrogen (secondary N) is 1. The second-order valence-electron chi connectivity index (χ2n) is 2.29. The van der Waals surface area contributed by atoms with Crippen molar-refractivity contribution in [1.82, 2.24) is 5.32 Å². The molecule has 60 valence electrons. The lowest BCUT2D eigenvalue weighted by Gasteiger charge is -2.13. The molecule has 0 heterocycles. The van der Waals surface area contributed by atoms with E-state index in [1.807, 2.05) is 6.92 Å². The number of rotatable bonds is 4. The van der Waals surface area contributed by atoms with Crippen LogP contribution in [-0.2, 0) is 4.79 Å². The van der Waals surface area contributed by atoms with Gasteiger partial charge < -0.3 is 5.32 Å². The molecule has 1 unspecified atom stereocenters. The maximum absolute atomic E-state index is 11.0. The van der Waals surface area contributed by atoms with Crippen molar-refractivity contribution in [2.75, 3.05) is 0 Å². The van der Waals surface area contributed by atoms with Crippen molar-refractivity contribution in [2.24, 2.45) is 0 Å². The molecule has 0 aromatic heterocycles. The van der Waals surface area contributed by atoms with Crippen LogP contribution < -0.4 is 5.32 Å². The zero-order valence-electron chi connectivity index (χ0n) is 6.89. The van der Waals surface area contributed by atoms with Crippen molar-refractivity contribution in [3.63, 3.8) is 0 Å². The summed E-state index contributed by atoms with van der Waals surface area (Å²) >= 11 is 0. The van der Waals surface area contributed by atoms with Gasteiger partial charge in [-0.05, 0) is 6.42 Å². The molecule has 0 fully saturated rings. The van der Waals surface area contributed by atoms with Crippen LogP contribution in [0.2, 0.25) is 0 Å². The van der Waals surface area contributed by atoms with E-state index in [9.17, 15) is 9.59 Å². The average molecular weight is 153 g/mol. The zero-order valence-corrected chi connectivity index (χ0v) is 6.89. The van der Waals surface area contributed by atoms with E-state index in [1.54, 1.807) is 6.92 Å². The Morgan fingerprint density at radius 3 is 2.27 bits per heavy atom. The minimum atomic E-state index is -0.640. The summed E-state index contributed by atoms with van der Waals surface area (Å²) in [6.07, 6.45) is 1.02. The molecule has 0 aliphatic rings. The van der Waals surface area contributed by atoms with Gasteiger partial charge in [0.15, 0.2) is 11.6 Å². The smallest absolute Gasteiger partial charge is 0.200 e. The van der Waals surface area contributed by atoms with Crippen LogP contribution in [-0.4, -0.2) is 25.5 Å². The van der Waals surface area contributed by atoms with Gasteiger partial charge in [0.2, 0.25) is 7.85 Å². The van der Waals surface area contributed by atoms with Crippen LogP contribution in [0.4, 0.5) is 4.79 Å². The van der Waals surface area contributed by atoms with Crippen LogP contribution in [0.3, 0.4) is 0 Å². The number of amides is 1. The van der Waals surface area contributed by atoms with Gasteiger partial charge in [-0.3, -0.25) is 9.59 Å². The van der Waals surface area contributed by atoms with E-state index >= 15 is 0 Å². The molecule has 3 nitrogen and oxygen atoms in total. The third-order valence-electron chi connectivity index (χ3n) is 1.46. The molecule has 0 rings (SSSR count). The molecule has 1 amide bonds. The Balaban J connectivity index is 3.94. The molecular weight excluding hydrogens is 141 g/mol. The first-order chi connectivity index (χ1) is 5.11. The maximum atomic E-state index is 11.0. The molecule has 2 radical (unpaired) electrons. The predicted octanol–water partition coefficient (Wildman–Crippen LogP) is 0.622. The van der Waals surface area contributed by atoms with Crippen molar-refractivity contribution in [2.45, 2.75) is 32.7 Å². The van der Waals surface area contributed by atoms with Crippen LogP contribution >= 0.6 is 0 Å². The summed E-state index contributed by atoms with van der Waals surface area (Å²) in [5, 5.41) is 2.37. The summed E-state index contributed by atoms with van der Waals surface area (Å²) in [5.74, 6) is -0.620. The van der Waals surface area contributed by atoms with Crippen molar-refractivity contribution >= 4 is 19.4 Å². The second kappa shape index (κ2) is 4.94. The lowest BCUT2D eigenvalue weighted by molar-refractivity contribution is -0.120. The van der Waals surface area contributed by atoms with Gasteiger partial charge in [-0.15, -0.1) is 0 Å². The number of hydrogen-bond acceptors (Lipinski definition) is 2. The van der Waals surface area contributed by atoms with Gasteiger partial charge in [0.1, 0.15) is 0 Å². The highest BCUT2D eigenvalue weighted by Crippen LogP contribution is 1.95. The first kappa shape index (κ1) is 10.2. The largest absolute Gasteiger partial charge is 0.356 e. The van der Waals surface area contributed by atoms with E-state index in [4.69, 9.17) is 7.85 Å². The third-order valence-corrected chi connectivity index (χ3v) is 1.46. The number of carbonyl (C=O) groups is 2. The highest BCUT2D eigenvalue weighted by Gasteiger charge is 2.13. The molecule has 0 spiro atoms. The van der Waals surface area contributed by atoms with Crippen LogP contribution in [0.15, 0.2) is 0 Å². The third kappa shape index (κ3) is 3.81. The van der Waals surface area contributed by atoms with Gasteiger partial charge in [0.25, 0.3) is 0 Å². The van der Waals surface area contributed by atoms with Crippen LogP contribution in [0, 0.1) is 0 Å². The van der Waals surface area contributed by atoms with Gasteiger partial charge >= 0.3 is 0 Å². The summed E-state index contributed by atoms with van der Waals surface area (Å²) in [7, 11) is 4.86. The van der Waals surface area contributed by atoms with Gasteiger partial charge in [-0.25, -0.2) is 0 Å². The summed E-state index contributed by atoms with van der Waals surface area (Å²) in [6.45, 7) is 3.59. The quantitative estimate of drug-likeness (QED) is 0.601. The zero-order chi connectivity index (χ0) is 8.85. The van der Waals surface area contributed by atoms with Gasteiger partial charge in [-0.1, -0.05) is 13.8 Å². The lowest BCUT2D eigenvalue weighted by Crippen LogP contribution is -2.39. The number of carbonyl (C=O) groups excluding carboxylic acids is 2. The molecule has 1 atom stereocenters. The monoisotopic (exact) mass is 153 g/mol. The Kier molecular flexibility index (Phi) is 4.58. The summed E-state index contributed by atoms with van der Waals surface area (Å²) in [4.78, 5) is 21.4. The Labute approximate surface area is 68.0 Å². The Bertz CT molecular complexity index is 159. The first-order valence-corrected chi connectivity index (χ1v) is 3.70. The van der Waals surface area contributed by atoms with E-state index < -0.39 is 11.8 Å². The molecule has 0 aromatic rings. The van der Waals surface area contributed by atoms with Crippen LogP contribution in [0.5, 0.6) is 0 Å². The van der Waals surface area contributed by atoms with Gasteiger partial charge in [-0.2, -0.15) is 0 Å². The van der Waals surface area contributed by atoms with E-state index in [-0.39, 0.29) is 5.78 Å². The molecule has 4 heteroatoms. The topological polar surface area (TPSA) is 46.2 Å². The number of Topliss-reactive ketones (excluding diaryl/α,β-unsaturated/α-hetero) is 1. The normalized spacial score (nSPS) is 12.2. The van der Waals surface area contributed by atoms with Crippen molar-refractivity contribution < 1.29 is 9.59 Å². The standard InChI is InChI=1S/C7H12BNO2/c1-3-5(6(10)4-2)9-7(8)11/h5H,3-4H2,1-2H3,(H,9,11).